The lowest BCUT2D eigenvalue weighted by Gasteiger charge is -2.22. The monoisotopic (exact) mass is 455 g/mol. The lowest BCUT2D eigenvalue weighted by molar-refractivity contribution is 0.601. The lowest BCUT2D eigenvalue weighted by Crippen LogP contribution is -2.16. The molecule has 0 aliphatic heterocycles. The molecule has 0 fully saturated rings. The normalized spacial score (nSPS) is 11.7. The van der Waals surface area contributed by atoms with Crippen molar-refractivity contribution in [1.82, 2.24) is 24.7 Å². The van der Waals surface area contributed by atoms with Crippen molar-refractivity contribution in [3.05, 3.63) is 53.6 Å². The Bertz CT molecular complexity index is 1450. The van der Waals surface area contributed by atoms with Crippen LogP contribution in [0.2, 0.25) is 0 Å². The Balaban J connectivity index is 2.06. The fourth-order valence-electron chi connectivity index (χ4n) is 3.39. The van der Waals surface area contributed by atoms with Crippen molar-refractivity contribution in [2.45, 2.75) is 18.7 Å². The van der Waals surface area contributed by atoms with Gasteiger partial charge in [0, 0.05) is 26.5 Å². The first kappa shape index (κ1) is 21.6. The van der Waals surface area contributed by atoms with Crippen molar-refractivity contribution < 1.29 is 12.8 Å². The number of anilines is 4. The quantitative estimate of drug-likeness (QED) is 0.488. The molecule has 3 aromatic heterocycles. The maximum atomic E-state index is 14.5. The van der Waals surface area contributed by atoms with Gasteiger partial charge in [-0.2, -0.15) is 10.1 Å². The molecule has 0 unspecified atom stereocenters. The zero-order valence-electron chi connectivity index (χ0n) is 18.3. The number of pyridine rings is 1. The predicted octanol–water partition coefficient (Wildman–Crippen LogP) is 3.43. The molecule has 166 valence electrons. The first-order valence-electron chi connectivity index (χ1n) is 9.71. The smallest absolute Gasteiger partial charge is 0.237 e. The third kappa shape index (κ3) is 3.86. The molecule has 4 aromatic rings. The Morgan fingerprint density at radius 2 is 1.88 bits per heavy atom. The van der Waals surface area contributed by atoms with E-state index in [1.54, 1.807) is 61.9 Å². The summed E-state index contributed by atoms with van der Waals surface area (Å²) in [6.07, 6.45) is 2.72. The van der Waals surface area contributed by atoms with Crippen LogP contribution in [0.5, 0.6) is 0 Å². The molecule has 0 amide bonds. The second-order valence-corrected chi connectivity index (χ2v) is 9.49. The SMILES string of the molecule is CNc1ccnc(N(c2cc(C)cc(S(C)(=O)=O)c2)c2nn(C)c3nc(C)c(F)cc23)n1. The number of fused-ring (bicyclic) bond motifs is 1. The predicted molar refractivity (Wildman–Crippen MR) is 121 cm³/mol. The molecule has 3 heterocycles. The van der Waals surface area contributed by atoms with Crippen LogP contribution in [0.4, 0.5) is 27.7 Å². The number of rotatable bonds is 5. The Hall–Kier alpha value is -3.60. The van der Waals surface area contributed by atoms with E-state index in [9.17, 15) is 12.8 Å². The maximum absolute atomic E-state index is 14.5. The molecule has 0 radical (unpaired) electrons. The zero-order valence-corrected chi connectivity index (χ0v) is 19.1. The Kier molecular flexibility index (Phi) is 5.29. The van der Waals surface area contributed by atoms with Crippen LogP contribution in [0.1, 0.15) is 11.3 Å². The van der Waals surface area contributed by atoms with E-state index in [-0.39, 0.29) is 16.5 Å². The van der Waals surface area contributed by atoms with Gasteiger partial charge in [0.15, 0.2) is 21.3 Å². The first-order chi connectivity index (χ1) is 15.1. The third-order valence-corrected chi connectivity index (χ3v) is 6.05. The average molecular weight is 456 g/mol. The summed E-state index contributed by atoms with van der Waals surface area (Å²) in [4.78, 5) is 15.0. The maximum Gasteiger partial charge on any atom is 0.237 e. The molecular weight excluding hydrogens is 433 g/mol. The van der Waals surface area contributed by atoms with Crippen LogP contribution in [-0.2, 0) is 16.9 Å². The minimum absolute atomic E-state index is 0.141. The Morgan fingerprint density at radius 3 is 2.56 bits per heavy atom. The van der Waals surface area contributed by atoms with Crippen LogP contribution in [0.15, 0.2) is 41.4 Å². The minimum atomic E-state index is -3.49. The Morgan fingerprint density at radius 1 is 1.12 bits per heavy atom. The molecule has 0 aliphatic rings. The van der Waals surface area contributed by atoms with Gasteiger partial charge in [-0.05, 0) is 49.7 Å². The van der Waals surface area contributed by atoms with Crippen LogP contribution in [0.25, 0.3) is 11.0 Å². The van der Waals surface area contributed by atoms with Gasteiger partial charge in [0.25, 0.3) is 0 Å². The van der Waals surface area contributed by atoms with E-state index < -0.39 is 15.7 Å². The number of hydrogen-bond donors (Lipinski definition) is 1. The number of halogens is 1. The van der Waals surface area contributed by atoms with Gasteiger partial charge < -0.3 is 5.32 Å². The van der Waals surface area contributed by atoms with Gasteiger partial charge in [0.1, 0.15) is 11.6 Å². The van der Waals surface area contributed by atoms with Gasteiger partial charge in [-0.3, -0.25) is 4.90 Å². The number of aryl methyl sites for hydroxylation is 3. The van der Waals surface area contributed by atoms with Crippen molar-refractivity contribution >= 4 is 44.1 Å². The summed E-state index contributed by atoms with van der Waals surface area (Å²) in [5.74, 6) is 0.643. The summed E-state index contributed by atoms with van der Waals surface area (Å²) in [6.45, 7) is 3.38. The highest BCUT2D eigenvalue weighted by Gasteiger charge is 2.25. The number of nitrogens with one attached hydrogen (secondary N) is 1. The molecule has 1 aromatic carbocycles. The van der Waals surface area contributed by atoms with E-state index in [4.69, 9.17) is 0 Å². The highest BCUT2D eigenvalue weighted by atomic mass is 32.2. The van der Waals surface area contributed by atoms with Gasteiger partial charge in [-0.15, -0.1) is 0 Å². The Labute approximate surface area is 184 Å². The molecule has 0 saturated heterocycles. The molecule has 0 atom stereocenters. The number of hydrogen-bond acceptors (Lipinski definition) is 8. The van der Waals surface area contributed by atoms with Crippen LogP contribution in [0.3, 0.4) is 0 Å². The van der Waals surface area contributed by atoms with Crippen molar-refractivity contribution in [2.24, 2.45) is 7.05 Å². The van der Waals surface area contributed by atoms with E-state index >= 15 is 0 Å². The van der Waals surface area contributed by atoms with Crippen molar-refractivity contribution in [3.63, 3.8) is 0 Å². The van der Waals surface area contributed by atoms with Crippen LogP contribution >= 0.6 is 0 Å². The van der Waals surface area contributed by atoms with E-state index in [0.717, 1.165) is 11.8 Å². The number of sulfone groups is 1. The second kappa shape index (κ2) is 7.83. The molecule has 32 heavy (non-hydrogen) atoms. The van der Waals surface area contributed by atoms with Gasteiger partial charge in [0.05, 0.1) is 21.7 Å². The van der Waals surface area contributed by atoms with Crippen molar-refractivity contribution in [3.8, 4) is 0 Å². The number of aromatic nitrogens is 5. The van der Waals surface area contributed by atoms with E-state index in [0.29, 0.717) is 28.4 Å². The average Bonchev–Trinajstić information content (AvgIpc) is 3.03. The summed E-state index contributed by atoms with van der Waals surface area (Å²) in [5.41, 5.74) is 1.92. The van der Waals surface area contributed by atoms with E-state index in [1.165, 1.54) is 12.1 Å². The van der Waals surface area contributed by atoms with E-state index in [2.05, 4.69) is 25.4 Å². The van der Waals surface area contributed by atoms with Crippen molar-refractivity contribution in [2.75, 3.05) is 23.5 Å². The molecule has 4 rings (SSSR count). The summed E-state index contributed by atoms with van der Waals surface area (Å²) < 4.78 is 40.6. The summed E-state index contributed by atoms with van der Waals surface area (Å²) in [5, 5.41) is 7.97. The van der Waals surface area contributed by atoms with Gasteiger partial charge >= 0.3 is 0 Å². The second-order valence-electron chi connectivity index (χ2n) is 7.48. The fourth-order valence-corrected chi connectivity index (χ4v) is 4.12. The minimum Gasteiger partial charge on any atom is -0.373 e. The first-order valence-corrected chi connectivity index (χ1v) is 11.6. The standard InChI is InChI=1S/C21H22FN7O2S/c1-12-8-14(10-15(9-12)32(5,30)31)29(21-24-7-6-18(23-3)26-21)20-16-11-17(22)13(2)25-19(16)28(4)27-20/h6-11H,1-5H3,(H,23,24,26). The highest BCUT2D eigenvalue weighted by Crippen LogP contribution is 2.37. The highest BCUT2D eigenvalue weighted by molar-refractivity contribution is 7.90. The number of benzene rings is 1. The molecule has 0 aliphatic carbocycles. The van der Waals surface area contributed by atoms with Gasteiger partial charge in [-0.25, -0.2) is 27.5 Å². The third-order valence-electron chi connectivity index (χ3n) is 4.96. The fraction of sp³-hybridized carbons (Fsp3) is 0.238. The molecule has 0 spiro atoms. The van der Waals surface area contributed by atoms with Gasteiger partial charge in [-0.1, -0.05) is 0 Å². The number of nitrogens with zero attached hydrogens (tertiary/aromatic N) is 6. The van der Waals surface area contributed by atoms with Crippen molar-refractivity contribution in [1.29, 1.82) is 0 Å². The van der Waals surface area contributed by atoms with Gasteiger partial charge in [0.2, 0.25) is 5.95 Å². The van der Waals surface area contributed by atoms with Crippen LogP contribution in [0, 0.1) is 19.7 Å². The molecule has 11 heteroatoms. The van der Waals surface area contributed by atoms with E-state index in [1.807, 2.05) is 0 Å². The molecule has 0 bridgehead atoms. The summed E-state index contributed by atoms with van der Waals surface area (Å²) >= 11 is 0. The summed E-state index contributed by atoms with van der Waals surface area (Å²) in [6, 6.07) is 7.96. The molecule has 0 saturated carbocycles. The largest absolute Gasteiger partial charge is 0.373 e. The zero-order chi connectivity index (χ0) is 23.2. The molecule has 9 nitrogen and oxygen atoms in total. The molecular formula is C21H22FN7O2S. The topological polar surface area (TPSA) is 106 Å². The molecule has 1 N–H and O–H groups in total. The lowest BCUT2D eigenvalue weighted by atomic mass is 10.2. The van der Waals surface area contributed by atoms with Crippen LogP contribution in [-0.4, -0.2) is 46.5 Å². The van der Waals surface area contributed by atoms with Crippen LogP contribution < -0.4 is 10.2 Å². The summed E-state index contributed by atoms with van der Waals surface area (Å²) in [7, 11) is -0.0549.